The number of rotatable bonds is 6. The van der Waals surface area contributed by atoms with E-state index in [0.717, 1.165) is 3.79 Å². The second-order valence-electron chi connectivity index (χ2n) is 7.14. The Morgan fingerprint density at radius 1 is 1.26 bits per heavy atom. The molecule has 3 amide bonds. The summed E-state index contributed by atoms with van der Waals surface area (Å²) < 4.78 is 16.6. The highest BCUT2D eigenvalue weighted by Gasteiger charge is 2.31. The van der Waals surface area contributed by atoms with Gasteiger partial charge in [-0.1, -0.05) is 11.3 Å². The van der Waals surface area contributed by atoms with Crippen LogP contribution in [0.2, 0.25) is 0 Å². The van der Waals surface area contributed by atoms with Gasteiger partial charge < -0.3 is 29.7 Å². The largest absolute Gasteiger partial charge is 0.494 e. The first-order chi connectivity index (χ1) is 14.7. The van der Waals surface area contributed by atoms with Crippen molar-refractivity contribution in [3.63, 3.8) is 0 Å². The Kier molecular flexibility index (Phi) is 7.19. The second-order valence-corrected chi connectivity index (χ2v) is 9.56. The molecule has 11 heteroatoms. The van der Waals surface area contributed by atoms with Crippen LogP contribution in [0.15, 0.2) is 34.1 Å². The van der Waals surface area contributed by atoms with Gasteiger partial charge in [0.25, 0.3) is 5.91 Å². The van der Waals surface area contributed by atoms with Gasteiger partial charge in [0.2, 0.25) is 5.91 Å². The van der Waals surface area contributed by atoms with Crippen LogP contribution in [0, 0.1) is 0 Å². The van der Waals surface area contributed by atoms with Crippen molar-refractivity contribution >= 4 is 56.5 Å². The third kappa shape index (κ3) is 5.75. The molecule has 2 aromatic rings. The van der Waals surface area contributed by atoms with E-state index < -0.39 is 17.5 Å². The second kappa shape index (κ2) is 9.67. The van der Waals surface area contributed by atoms with Gasteiger partial charge in [0, 0.05) is 18.3 Å². The maximum atomic E-state index is 12.8. The highest BCUT2D eigenvalue weighted by Crippen LogP contribution is 2.32. The molecular weight excluding hydrogens is 490 g/mol. The number of thiophene rings is 1. The normalized spacial score (nSPS) is 14.2. The van der Waals surface area contributed by atoms with E-state index in [2.05, 4.69) is 26.6 Å². The molecule has 0 spiro atoms. The summed E-state index contributed by atoms with van der Waals surface area (Å²) in [7, 11) is 1.49. The lowest BCUT2D eigenvalue weighted by Gasteiger charge is -2.28. The van der Waals surface area contributed by atoms with Crippen LogP contribution in [0.4, 0.5) is 16.2 Å². The molecule has 1 saturated heterocycles. The molecule has 3 rings (SSSR count). The standard InChI is InChI=1S/C20H22BrN3O6S/c1-20(2,23-19(27)30-17-7-6-15(21)31-17)18(26)22-12-4-5-13(14(10-12)28-3)24-8-9-29-11-16(24)25/h4-7,10H,8-9,11H2,1-3H3,(H,22,26)(H,23,27). The van der Waals surface area contributed by atoms with Gasteiger partial charge in [-0.25, -0.2) is 4.79 Å². The Morgan fingerprint density at radius 2 is 2.03 bits per heavy atom. The molecule has 2 heterocycles. The zero-order valence-electron chi connectivity index (χ0n) is 17.2. The highest BCUT2D eigenvalue weighted by atomic mass is 79.9. The van der Waals surface area contributed by atoms with Crippen LogP contribution in [-0.4, -0.2) is 50.3 Å². The van der Waals surface area contributed by atoms with Crippen LogP contribution in [0.5, 0.6) is 10.8 Å². The molecule has 0 saturated carbocycles. The van der Waals surface area contributed by atoms with Gasteiger partial charge in [0.05, 0.1) is 23.2 Å². The first kappa shape index (κ1) is 23.0. The number of halogens is 1. The SMILES string of the molecule is COc1cc(NC(=O)C(C)(C)NC(=O)Oc2ccc(Br)s2)ccc1N1CCOCC1=O. The van der Waals surface area contributed by atoms with Gasteiger partial charge in [0.1, 0.15) is 17.9 Å². The van der Waals surface area contributed by atoms with E-state index in [1.807, 2.05) is 0 Å². The number of benzene rings is 1. The molecule has 0 radical (unpaired) electrons. The fourth-order valence-corrected chi connectivity index (χ4v) is 4.01. The Balaban J connectivity index is 1.66. The summed E-state index contributed by atoms with van der Waals surface area (Å²) in [5.41, 5.74) is -0.203. The average molecular weight is 512 g/mol. The number of ether oxygens (including phenoxy) is 3. The number of nitrogens with one attached hydrogen (secondary N) is 2. The molecule has 31 heavy (non-hydrogen) atoms. The minimum atomic E-state index is -1.25. The van der Waals surface area contributed by atoms with Crippen molar-refractivity contribution in [3.8, 4) is 10.8 Å². The Morgan fingerprint density at radius 3 is 2.68 bits per heavy atom. The number of hydrogen-bond acceptors (Lipinski definition) is 7. The Bertz CT molecular complexity index is 993. The number of methoxy groups -OCH3 is 1. The monoisotopic (exact) mass is 511 g/mol. The predicted octanol–water partition coefficient (Wildman–Crippen LogP) is 3.39. The van der Waals surface area contributed by atoms with E-state index in [9.17, 15) is 14.4 Å². The number of amides is 3. The van der Waals surface area contributed by atoms with Gasteiger partial charge in [-0.2, -0.15) is 0 Å². The molecule has 166 valence electrons. The minimum absolute atomic E-state index is 0.0139. The van der Waals surface area contributed by atoms with E-state index in [-0.39, 0.29) is 12.5 Å². The lowest BCUT2D eigenvalue weighted by atomic mass is 10.0. The van der Waals surface area contributed by atoms with Crippen molar-refractivity contribution < 1.29 is 28.6 Å². The van der Waals surface area contributed by atoms with Crippen LogP contribution in [0.3, 0.4) is 0 Å². The first-order valence-corrected chi connectivity index (χ1v) is 10.9. The number of morpholine rings is 1. The van der Waals surface area contributed by atoms with Gasteiger partial charge in [0.15, 0.2) is 5.06 Å². The fraction of sp³-hybridized carbons (Fsp3) is 0.350. The molecule has 1 fully saturated rings. The number of anilines is 2. The van der Waals surface area contributed by atoms with Gasteiger partial charge in [-0.3, -0.25) is 9.59 Å². The fourth-order valence-electron chi connectivity index (χ4n) is 2.82. The predicted molar refractivity (Wildman–Crippen MR) is 120 cm³/mol. The molecule has 1 aromatic heterocycles. The summed E-state index contributed by atoms with van der Waals surface area (Å²) in [6.07, 6.45) is -0.742. The molecule has 1 aromatic carbocycles. The summed E-state index contributed by atoms with van der Waals surface area (Å²) in [4.78, 5) is 38.6. The van der Waals surface area contributed by atoms with Crippen molar-refractivity contribution in [1.29, 1.82) is 0 Å². The molecule has 0 unspecified atom stereocenters. The number of carbonyl (C=O) groups is 3. The quantitative estimate of drug-likeness (QED) is 0.615. The summed E-state index contributed by atoms with van der Waals surface area (Å²) in [6, 6.07) is 8.38. The summed E-state index contributed by atoms with van der Waals surface area (Å²) in [5.74, 6) is -0.182. The van der Waals surface area contributed by atoms with Crippen molar-refractivity contribution in [2.24, 2.45) is 0 Å². The van der Waals surface area contributed by atoms with E-state index in [0.29, 0.717) is 35.3 Å². The zero-order valence-corrected chi connectivity index (χ0v) is 19.6. The molecule has 2 N–H and O–H groups in total. The van der Waals surface area contributed by atoms with Gasteiger partial charge >= 0.3 is 6.09 Å². The van der Waals surface area contributed by atoms with Crippen molar-refractivity contribution in [2.75, 3.05) is 37.1 Å². The highest BCUT2D eigenvalue weighted by molar-refractivity contribution is 9.11. The third-order valence-electron chi connectivity index (χ3n) is 4.44. The molecule has 9 nitrogen and oxygen atoms in total. The van der Waals surface area contributed by atoms with Crippen LogP contribution < -0.4 is 25.0 Å². The summed E-state index contributed by atoms with van der Waals surface area (Å²) in [5, 5.41) is 5.70. The maximum Gasteiger partial charge on any atom is 0.414 e. The Hall–Kier alpha value is -2.63. The lowest BCUT2D eigenvalue weighted by Crippen LogP contribution is -2.53. The van der Waals surface area contributed by atoms with E-state index >= 15 is 0 Å². The Labute approximate surface area is 191 Å². The molecule has 1 aliphatic heterocycles. The number of carbonyl (C=O) groups excluding carboxylic acids is 3. The topological polar surface area (TPSA) is 106 Å². The zero-order chi connectivity index (χ0) is 22.6. The smallest absolute Gasteiger partial charge is 0.414 e. The maximum absolute atomic E-state index is 12.8. The number of nitrogens with zero attached hydrogens (tertiary/aromatic N) is 1. The van der Waals surface area contributed by atoms with E-state index in [1.165, 1.54) is 18.4 Å². The minimum Gasteiger partial charge on any atom is -0.494 e. The van der Waals surface area contributed by atoms with Crippen molar-refractivity contribution in [3.05, 3.63) is 34.1 Å². The molecule has 0 bridgehead atoms. The first-order valence-electron chi connectivity index (χ1n) is 9.32. The summed E-state index contributed by atoms with van der Waals surface area (Å²) in [6.45, 7) is 3.99. The van der Waals surface area contributed by atoms with Crippen LogP contribution in [0.1, 0.15) is 13.8 Å². The molecule has 0 aliphatic carbocycles. The van der Waals surface area contributed by atoms with Crippen LogP contribution >= 0.6 is 27.3 Å². The molecule has 0 atom stereocenters. The van der Waals surface area contributed by atoms with E-state index in [4.69, 9.17) is 14.2 Å². The van der Waals surface area contributed by atoms with Crippen molar-refractivity contribution in [1.82, 2.24) is 5.32 Å². The van der Waals surface area contributed by atoms with Gasteiger partial charge in [-0.15, -0.1) is 0 Å². The average Bonchev–Trinajstić information content (AvgIpc) is 3.12. The van der Waals surface area contributed by atoms with Gasteiger partial charge in [-0.05, 0) is 54.0 Å². The van der Waals surface area contributed by atoms with Crippen LogP contribution in [-0.2, 0) is 14.3 Å². The number of hydrogen-bond donors (Lipinski definition) is 2. The summed E-state index contributed by atoms with van der Waals surface area (Å²) >= 11 is 4.55. The third-order valence-corrected chi connectivity index (χ3v) is 5.94. The lowest BCUT2D eigenvalue weighted by molar-refractivity contribution is -0.125. The van der Waals surface area contributed by atoms with Crippen LogP contribution in [0.25, 0.3) is 0 Å². The van der Waals surface area contributed by atoms with Crippen molar-refractivity contribution in [2.45, 2.75) is 19.4 Å². The van der Waals surface area contributed by atoms with E-state index in [1.54, 1.807) is 49.1 Å². The molecular formula is C20H22BrN3O6S. The molecule has 1 aliphatic rings.